The Hall–Kier alpha value is -1.26. The summed E-state index contributed by atoms with van der Waals surface area (Å²) in [6.45, 7) is 1.82. The smallest absolute Gasteiger partial charge is 0.339 e. The zero-order valence-corrected chi connectivity index (χ0v) is 12.4. The number of benzene rings is 1. The van der Waals surface area contributed by atoms with E-state index >= 15 is 0 Å². The second kappa shape index (κ2) is 6.95. The molecule has 0 aliphatic heterocycles. The first kappa shape index (κ1) is 16.8. The number of aryl methyl sites for hydroxylation is 1. The summed E-state index contributed by atoms with van der Waals surface area (Å²) in [6, 6.07) is 3.01. The van der Waals surface area contributed by atoms with Gasteiger partial charge >= 0.3 is 5.97 Å². The molecule has 0 heterocycles. The van der Waals surface area contributed by atoms with Crippen LogP contribution < -0.4 is 5.73 Å². The molecule has 1 aliphatic rings. The average Bonchev–Trinajstić information content (AvgIpc) is 2.41. The van der Waals surface area contributed by atoms with Crippen LogP contribution in [0.2, 0.25) is 0 Å². The predicted octanol–water partition coefficient (Wildman–Crippen LogP) is 3.40. The highest BCUT2D eigenvalue weighted by Crippen LogP contribution is 2.37. The number of aromatic carboxylic acids is 1. The Morgan fingerprint density at radius 1 is 1.30 bits per heavy atom. The van der Waals surface area contributed by atoms with Gasteiger partial charge in [-0.25, -0.2) is 4.79 Å². The third-order valence-electron chi connectivity index (χ3n) is 4.03. The molecule has 4 nitrogen and oxygen atoms in total. The molecular weight excluding hydrogens is 278 g/mol. The fraction of sp³-hybridized carbons (Fsp3) is 0.533. The van der Waals surface area contributed by atoms with Gasteiger partial charge < -0.3 is 15.9 Å². The van der Waals surface area contributed by atoms with Crippen molar-refractivity contribution in [1.29, 1.82) is 0 Å². The molecule has 0 amide bonds. The van der Waals surface area contributed by atoms with E-state index in [0.29, 0.717) is 11.5 Å². The minimum atomic E-state index is -1.11. The summed E-state index contributed by atoms with van der Waals surface area (Å²) in [4.78, 5) is 11.1. The molecule has 2 rings (SSSR count). The monoisotopic (exact) mass is 299 g/mol. The number of carboxylic acids is 1. The van der Waals surface area contributed by atoms with Crippen LogP contribution in [-0.4, -0.2) is 16.2 Å². The molecule has 20 heavy (non-hydrogen) atoms. The lowest BCUT2D eigenvalue weighted by Gasteiger charge is -2.28. The number of phenols is 1. The molecule has 1 aromatic rings. The van der Waals surface area contributed by atoms with Crippen molar-refractivity contribution in [2.24, 2.45) is 11.7 Å². The third-order valence-corrected chi connectivity index (χ3v) is 4.03. The van der Waals surface area contributed by atoms with Gasteiger partial charge in [-0.1, -0.05) is 25.3 Å². The van der Waals surface area contributed by atoms with Crippen LogP contribution in [0.3, 0.4) is 0 Å². The number of carboxylic acid groups (broad SMARTS) is 1. The van der Waals surface area contributed by atoms with Crippen molar-refractivity contribution in [1.82, 2.24) is 0 Å². The molecule has 4 N–H and O–H groups in total. The van der Waals surface area contributed by atoms with Crippen LogP contribution in [0.1, 0.15) is 59.6 Å². The van der Waals surface area contributed by atoms with E-state index in [-0.39, 0.29) is 29.8 Å². The Bertz CT molecular complexity index is 484. The van der Waals surface area contributed by atoms with Crippen LogP contribution >= 0.6 is 12.4 Å². The Labute approximate surface area is 125 Å². The number of rotatable bonds is 3. The van der Waals surface area contributed by atoms with Crippen LogP contribution in [0.4, 0.5) is 0 Å². The maximum Gasteiger partial charge on any atom is 0.339 e. The van der Waals surface area contributed by atoms with Crippen molar-refractivity contribution in [3.05, 3.63) is 28.8 Å². The quantitative estimate of drug-likeness (QED) is 0.798. The van der Waals surface area contributed by atoms with Crippen LogP contribution in [0.15, 0.2) is 12.1 Å². The van der Waals surface area contributed by atoms with E-state index in [1.54, 1.807) is 6.07 Å². The molecule has 1 fully saturated rings. The molecule has 1 atom stereocenters. The van der Waals surface area contributed by atoms with Gasteiger partial charge in [-0.15, -0.1) is 12.4 Å². The highest BCUT2D eigenvalue weighted by molar-refractivity contribution is 5.91. The minimum Gasteiger partial charge on any atom is -0.507 e. The molecule has 112 valence electrons. The summed E-state index contributed by atoms with van der Waals surface area (Å²) in [6.07, 6.45) is 5.67. The normalized spacial score (nSPS) is 17.3. The fourth-order valence-corrected chi connectivity index (χ4v) is 2.97. The van der Waals surface area contributed by atoms with Gasteiger partial charge in [-0.05, 0) is 37.3 Å². The summed E-state index contributed by atoms with van der Waals surface area (Å²) in [5, 5.41) is 19.2. The van der Waals surface area contributed by atoms with Gasteiger partial charge in [0.1, 0.15) is 11.3 Å². The largest absolute Gasteiger partial charge is 0.507 e. The predicted molar refractivity (Wildman–Crippen MR) is 80.6 cm³/mol. The first-order valence-electron chi connectivity index (χ1n) is 6.83. The number of nitrogens with two attached hydrogens (primary N) is 1. The van der Waals surface area contributed by atoms with Gasteiger partial charge in [0.15, 0.2) is 0 Å². The highest BCUT2D eigenvalue weighted by Gasteiger charge is 2.26. The Balaban J connectivity index is 0.00000200. The van der Waals surface area contributed by atoms with Crippen molar-refractivity contribution in [3.63, 3.8) is 0 Å². The summed E-state index contributed by atoms with van der Waals surface area (Å²) in [5.41, 5.74) is 7.59. The number of aromatic hydroxyl groups is 1. The molecule has 0 spiro atoms. The Morgan fingerprint density at radius 2 is 1.90 bits per heavy atom. The first-order valence-corrected chi connectivity index (χ1v) is 6.83. The number of carbonyl (C=O) groups is 1. The average molecular weight is 300 g/mol. The van der Waals surface area contributed by atoms with E-state index in [0.717, 1.165) is 31.2 Å². The fourth-order valence-electron chi connectivity index (χ4n) is 2.97. The van der Waals surface area contributed by atoms with Gasteiger partial charge in [-0.2, -0.15) is 0 Å². The van der Waals surface area contributed by atoms with E-state index in [4.69, 9.17) is 10.8 Å². The van der Waals surface area contributed by atoms with Crippen LogP contribution in [-0.2, 0) is 0 Å². The molecule has 0 aromatic heterocycles. The van der Waals surface area contributed by atoms with Crippen molar-refractivity contribution < 1.29 is 15.0 Å². The number of hydrogen-bond acceptors (Lipinski definition) is 3. The van der Waals surface area contributed by atoms with Crippen molar-refractivity contribution in [2.75, 3.05) is 0 Å². The molecule has 1 aliphatic carbocycles. The van der Waals surface area contributed by atoms with Crippen molar-refractivity contribution >= 4 is 18.4 Å². The Kier molecular flexibility index (Phi) is 5.84. The van der Waals surface area contributed by atoms with Crippen LogP contribution in [0.25, 0.3) is 0 Å². The van der Waals surface area contributed by atoms with Crippen molar-refractivity contribution in [3.8, 4) is 5.75 Å². The van der Waals surface area contributed by atoms with Gasteiger partial charge in [0.05, 0.1) is 0 Å². The van der Waals surface area contributed by atoms with E-state index in [9.17, 15) is 9.90 Å². The highest BCUT2D eigenvalue weighted by atomic mass is 35.5. The van der Waals surface area contributed by atoms with Gasteiger partial charge in [-0.3, -0.25) is 0 Å². The number of hydrogen-bond donors (Lipinski definition) is 3. The lowest BCUT2D eigenvalue weighted by molar-refractivity contribution is 0.0693. The van der Waals surface area contributed by atoms with Gasteiger partial charge in [0.25, 0.3) is 0 Å². The first-order chi connectivity index (χ1) is 9.00. The standard InChI is InChI=1S/C15H21NO3.ClH/c1-9-7-11(14(17)12(8-9)15(18)19)13(16)10-5-3-2-4-6-10;/h7-8,10,13,17H,2-6,16H2,1H3,(H,18,19);1H/t13-;/m0./s1. The lowest BCUT2D eigenvalue weighted by Crippen LogP contribution is -2.24. The maximum absolute atomic E-state index is 11.1. The Morgan fingerprint density at radius 3 is 2.45 bits per heavy atom. The van der Waals surface area contributed by atoms with Crippen molar-refractivity contribution in [2.45, 2.75) is 45.1 Å². The third kappa shape index (κ3) is 3.44. The van der Waals surface area contributed by atoms with Gasteiger partial charge in [0, 0.05) is 11.6 Å². The topological polar surface area (TPSA) is 83.5 Å². The van der Waals surface area contributed by atoms with Crippen LogP contribution in [0, 0.1) is 12.8 Å². The van der Waals surface area contributed by atoms with E-state index in [1.807, 2.05) is 6.92 Å². The van der Waals surface area contributed by atoms with Gasteiger partial charge in [0.2, 0.25) is 0 Å². The summed E-state index contributed by atoms with van der Waals surface area (Å²) in [7, 11) is 0. The summed E-state index contributed by atoms with van der Waals surface area (Å²) < 4.78 is 0. The molecule has 0 radical (unpaired) electrons. The zero-order chi connectivity index (χ0) is 14.0. The lowest BCUT2D eigenvalue weighted by atomic mass is 9.80. The minimum absolute atomic E-state index is 0. The van der Waals surface area contributed by atoms with Crippen LogP contribution in [0.5, 0.6) is 5.75 Å². The molecule has 5 heteroatoms. The molecular formula is C15H22ClNO3. The second-order valence-electron chi connectivity index (χ2n) is 5.48. The number of halogens is 1. The summed E-state index contributed by atoms with van der Waals surface area (Å²) in [5.74, 6) is -0.947. The summed E-state index contributed by atoms with van der Waals surface area (Å²) >= 11 is 0. The maximum atomic E-state index is 11.1. The molecule has 0 saturated heterocycles. The SMILES string of the molecule is Cc1cc(C(=O)O)c(O)c([C@@H](N)C2CCCCC2)c1.Cl. The van der Waals surface area contributed by atoms with E-state index < -0.39 is 5.97 Å². The van der Waals surface area contributed by atoms with E-state index in [1.165, 1.54) is 12.5 Å². The van der Waals surface area contributed by atoms with E-state index in [2.05, 4.69) is 0 Å². The molecule has 0 bridgehead atoms. The second-order valence-corrected chi connectivity index (χ2v) is 5.48. The molecule has 1 saturated carbocycles. The molecule has 0 unspecified atom stereocenters. The zero-order valence-electron chi connectivity index (χ0n) is 11.6. The molecule has 1 aromatic carbocycles.